The first-order chi connectivity index (χ1) is 12.9. The Labute approximate surface area is 160 Å². The number of benzene rings is 1. The Hall–Kier alpha value is -2.12. The van der Waals surface area contributed by atoms with Crippen LogP contribution in [0.2, 0.25) is 0 Å². The van der Waals surface area contributed by atoms with E-state index < -0.39 is 0 Å². The molecule has 3 rings (SSSR count). The summed E-state index contributed by atoms with van der Waals surface area (Å²) in [5.41, 5.74) is 1.04. The second-order valence-electron chi connectivity index (χ2n) is 7.57. The summed E-state index contributed by atoms with van der Waals surface area (Å²) in [5.74, 6) is 0.584. The van der Waals surface area contributed by atoms with Crippen LogP contribution in [0.15, 0.2) is 18.2 Å². The van der Waals surface area contributed by atoms with Gasteiger partial charge >= 0.3 is 0 Å². The highest BCUT2D eigenvalue weighted by atomic mass is 16.5. The van der Waals surface area contributed by atoms with Crippen molar-refractivity contribution in [3.8, 4) is 5.75 Å². The van der Waals surface area contributed by atoms with Crippen LogP contribution in [0.4, 0.5) is 0 Å². The summed E-state index contributed by atoms with van der Waals surface area (Å²) in [5, 5.41) is 8.58. The molecule has 7 nitrogen and oxygen atoms in total. The molecule has 1 aliphatic heterocycles. The van der Waals surface area contributed by atoms with E-state index in [1.54, 1.807) is 7.11 Å². The molecule has 0 saturated carbocycles. The third kappa shape index (κ3) is 4.42. The quantitative estimate of drug-likeness (QED) is 0.805. The molecule has 1 fully saturated rings. The molecule has 0 unspecified atom stereocenters. The number of fused-ring (bicyclic) bond motifs is 1. The van der Waals surface area contributed by atoms with Crippen LogP contribution >= 0.6 is 0 Å². The zero-order valence-electron chi connectivity index (χ0n) is 16.7. The van der Waals surface area contributed by atoms with Crippen LogP contribution in [0, 0.1) is 0 Å². The summed E-state index contributed by atoms with van der Waals surface area (Å²) in [6, 6.07) is 5.74. The molecule has 1 amide bonds. The summed E-state index contributed by atoms with van der Waals surface area (Å²) < 4.78 is 12.9. The van der Waals surface area contributed by atoms with Gasteiger partial charge in [-0.05, 0) is 26.3 Å². The molecule has 0 aliphatic carbocycles. The Morgan fingerprint density at radius 3 is 2.70 bits per heavy atom. The van der Waals surface area contributed by atoms with Crippen molar-refractivity contribution in [2.45, 2.75) is 39.3 Å². The van der Waals surface area contributed by atoms with E-state index in [0.717, 1.165) is 55.9 Å². The minimum absolute atomic E-state index is 0.148. The first-order valence-corrected chi connectivity index (χ1v) is 9.61. The maximum atomic E-state index is 12.9. The van der Waals surface area contributed by atoms with Crippen LogP contribution in [0.5, 0.6) is 5.75 Å². The van der Waals surface area contributed by atoms with Crippen molar-refractivity contribution in [1.29, 1.82) is 0 Å². The van der Waals surface area contributed by atoms with E-state index >= 15 is 0 Å². The van der Waals surface area contributed by atoms with Crippen molar-refractivity contribution in [2.24, 2.45) is 0 Å². The van der Waals surface area contributed by atoms with Gasteiger partial charge in [0, 0.05) is 30.6 Å². The number of nitrogens with one attached hydrogen (secondary N) is 1. The predicted molar refractivity (Wildman–Crippen MR) is 105 cm³/mol. The van der Waals surface area contributed by atoms with Crippen LogP contribution in [-0.2, 0) is 11.3 Å². The van der Waals surface area contributed by atoms with E-state index in [2.05, 4.69) is 22.2 Å². The van der Waals surface area contributed by atoms with Crippen LogP contribution in [0.3, 0.4) is 0 Å². The number of aromatic nitrogens is 2. The molecule has 1 aromatic carbocycles. The number of amides is 1. The summed E-state index contributed by atoms with van der Waals surface area (Å²) in [6.07, 6.45) is 0.845. The monoisotopic (exact) mass is 374 g/mol. The van der Waals surface area contributed by atoms with Crippen molar-refractivity contribution in [2.75, 3.05) is 40.0 Å². The van der Waals surface area contributed by atoms with Crippen LogP contribution in [0.25, 0.3) is 10.9 Å². The van der Waals surface area contributed by atoms with E-state index in [4.69, 9.17) is 9.47 Å². The smallest absolute Gasteiger partial charge is 0.272 e. The van der Waals surface area contributed by atoms with Crippen molar-refractivity contribution in [1.82, 2.24) is 20.0 Å². The topological polar surface area (TPSA) is 68.6 Å². The SMILES string of the molecule is CCC(C)(C)NC(=O)c1nn(CCN2CCOCC2)c2c(OC)cccc12. The minimum Gasteiger partial charge on any atom is -0.494 e. The zero-order valence-corrected chi connectivity index (χ0v) is 16.7. The molecule has 7 heteroatoms. The lowest BCUT2D eigenvalue weighted by Gasteiger charge is -2.26. The highest BCUT2D eigenvalue weighted by Gasteiger charge is 2.25. The summed E-state index contributed by atoms with van der Waals surface area (Å²) in [4.78, 5) is 15.3. The lowest BCUT2D eigenvalue weighted by atomic mass is 10.0. The molecule has 0 radical (unpaired) electrons. The van der Waals surface area contributed by atoms with E-state index in [1.165, 1.54) is 0 Å². The number of morpholine rings is 1. The van der Waals surface area contributed by atoms with Crippen molar-refractivity contribution < 1.29 is 14.3 Å². The average molecular weight is 374 g/mol. The van der Waals surface area contributed by atoms with Crippen LogP contribution in [-0.4, -0.2) is 66.1 Å². The fourth-order valence-corrected chi connectivity index (χ4v) is 3.21. The Bertz CT molecular complexity index is 794. The Morgan fingerprint density at radius 1 is 1.30 bits per heavy atom. The highest BCUT2D eigenvalue weighted by Crippen LogP contribution is 2.28. The third-order valence-electron chi connectivity index (χ3n) is 5.24. The number of para-hydroxylation sites is 1. The van der Waals surface area contributed by atoms with Gasteiger partial charge in [-0.25, -0.2) is 0 Å². The highest BCUT2D eigenvalue weighted by molar-refractivity contribution is 6.06. The van der Waals surface area contributed by atoms with Gasteiger partial charge in [0.25, 0.3) is 5.91 Å². The lowest BCUT2D eigenvalue weighted by Crippen LogP contribution is -2.43. The predicted octanol–water partition coefficient (Wildman–Crippen LogP) is 2.30. The molecular formula is C20H30N4O3. The van der Waals surface area contributed by atoms with Gasteiger partial charge in [0.1, 0.15) is 11.3 Å². The van der Waals surface area contributed by atoms with Gasteiger partial charge in [0.2, 0.25) is 0 Å². The molecule has 2 heterocycles. The fraction of sp³-hybridized carbons (Fsp3) is 0.600. The molecule has 1 N–H and O–H groups in total. The zero-order chi connectivity index (χ0) is 19.4. The fourth-order valence-electron chi connectivity index (χ4n) is 3.21. The number of nitrogens with zero attached hydrogens (tertiary/aromatic N) is 3. The second-order valence-corrected chi connectivity index (χ2v) is 7.57. The van der Waals surface area contributed by atoms with Gasteiger partial charge in [-0.2, -0.15) is 5.10 Å². The van der Waals surface area contributed by atoms with Gasteiger partial charge in [-0.3, -0.25) is 14.4 Å². The second kappa shape index (κ2) is 8.27. The largest absolute Gasteiger partial charge is 0.494 e. The molecule has 1 saturated heterocycles. The molecule has 2 aromatic rings. The van der Waals surface area contributed by atoms with E-state index in [0.29, 0.717) is 12.2 Å². The number of carbonyl (C=O) groups excluding carboxylic acids is 1. The standard InChI is InChI=1S/C20H30N4O3/c1-5-20(2,3)21-19(25)17-15-7-6-8-16(26-4)18(15)24(22-17)10-9-23-11-13-27-14-12-23/h6-8H,5,9-14H2,1-4H3,(H,21,25). The number of carbonyl (C=O) groups is 1. The maximum absolute atomic E-state index is 12.9. The molecule has 0 bridgehead atoms. The average Bonchev–Trinajstić information content (AvgIpc) is 3.06. The van der Waals surface area contributed by atoms with Gasteiger partial charge in [0.15, 0.2) is 5.69 Å². The van der Waals surface area contributed by atoms with E-state index in [9.17, 15) is 4.79 Å². The molecular weight excluding hydrogens is 344 g/mol. The molecule has 0 spiro atoms. The molecule has 1 aliphatic rings. The number of ether oxygens (including phenoxy) is 2. The van der Waals surface area contributed by atoms with Crippen molar-refractivity contribution >= 4 is 16.8 Å². The number of methoxy groups -OCH3 is 1. The van der Waals surface area contributed by atoms with Gasteiger partial charge in [-0.1, -0.05) is 19.1 Å². The van der Waals surface area contributed by atoms with Gasteiger partial charge in [-0.15, -0.1) is 0 Å². The Balaban J connectivity index is 1.91. The van der Waals surface area contributed by atoms with Gasteiger partial charge in [0.05, 0.1) is 26.9 Å². The van der Waals surface area contributed by atoms with Crippen molar-refractivity contribution in [3.05, 3.63) is 23.9 Å². The summed E-state index contributed by atoms with van der Waals surface area (Å²) in [6.45, 7) is 11.0. The Kier molecular flexibility index (Phi) is 6.01. The number of hydrogen-bond donors (Lipinski definition) is 1. The molecule has 148 valence electrons. The summed E-state index contributed by atoms with van der Waals surface area (Å²) in [7, 11) is 1.65. The first kappa shape index (κ1) is 19.6. The van der Waals surface area contributed by atoms with E-state index in [1.807, 2.05) is 36.7 Å². The minimum atomic E-state index is -0.278. The van der Waals surface area contributed by atoms with Crippen LogP contribution < -0.4 is 10.1 Å². The summed E-state index contributed by atoms with van der Waals surface area (Å²) >= 11 is 0. The van der Waals surface area contributed by atoms with Gasteiger partial charge < -0.3 is 14.8 Å². The molecule has 1 aromatic heterocycles. The van der Waals surface area contributed by atoms with Crippen LogP contribution in [0.1, 0.15) is 37.7 Å². The number of hydrogen-bond acceptors (Lipinski definition) is 5. The maximum Gasteiger partial charge on any atom is 0.272 e. The van der Waals surface area contributed by atoms with Crippen molar-refractivity contribution in [3.63, 3.8) is 0 Å². The molecule has 0 atom stereocenters. The lowest BCUT2D eigenvalue weighted by molar-refractivity contribution is 0.0361. The first-order valence-electron chi connectivity index (χ1n) is 9.61. The van der Waals surface area contributed by atoms with E-state index in [-0.39, 0.29) is 11.4 Å². The molecule has 27 heavy (non-hydrogen) atoms. The normalized spacial score (nSPS) is 15.9. The number of rotatable bonds is 7. The third-order valence-corrected chi connectivity index (χ3v) is 5.24. The Morgan fingerprint density at radius 2 is 2.04 bits per heavy atom.